The molecule has 1 aliphatic heterocycles. The van der Waals surface area contributed by atoms with Crippen LogP contribution in [-0.2, 0) is 0 Å². The Labute approximate surface area is 194 Å². The van der Waals surface area contributed by atoms with Crippen LogP contribution in [0.3, 0.4) is 0 Å². The molecular formula is C24H22N4O2S2. The summed E-state index contributed by atoms with van der Waals surface area (Å²) in [6.07, 6.45) is 1.86. The second-order valence-corrected chi connectivity index (χ2v) is 9.52. The maximum absolute atomic E-state index is 13.5. The zero-order valence-corrected chi connectivity index (χ0v) is 19.2. The SMILES string of the molecule is Cc1nc2sccn2c1C(=O)NC[C@@H]1CSCN1C(=O)c1ccccc1-c1ccccc1. The van der Waals surface area contributed by atoms with Crippen molar-refractivity contribution in [2.75, 3.05) is 18.2 Å². The van der Waals surface area contributed by atoms with E-state index in [1.807, 2.05) is 82.4 Å². The quantitative estimate of drug-likeness (QED) is 0.480. The van der Waals surface area contributed by atoms with Crippen molar-refractivity contribution in [1.82, 2.24) is 19.6 Å². The largest absolute Gasteiger partial charge is 0.349 e. The third-order valence-electron chi connectivity index (χ3n) is 5.63. The number of thioether (sulfide) groups is 1. The molecule has 32 heavy (non-hydrogen) atoms. The third-order valence-corrected chi connectivity index (χ3v) is 7.47. The van der Waals surface area contributed by atoms with Gasteiger partial charge >= 0.3 is 0 Å². The van der Waals surface area contributed by atoms with E-state index in [0.29, 0.717) is 29.4 Å². The number of hydrogen-bond acceptors (Lipinski definition) is 5. The number of imidazole rings is 1. The van der Waals surface area contributed by atoms with E-state index in [-0.39, 0.29) is 17.9 Å². The minimum atomic E-state index is -0.164. The monoisotopic (exact) mass is 462 g/mol. The molecule has 3 heterocycles. The summed E-state index contributed by atoms with van der Waals surface area (Å²) in [4.78, 5) is 33.5. The molecule has 0 saturated carbocycles. The zero-order chi connectivity index (χ0) is 22.1. The molecule has 2 aromatic heterocycles. The Morgan fingerprint density at radius 1 is 1.12 bits per heavy atom. The number of aromatic nitrogens is 2. The number of rotatable bonds is 5. The Morgan fingerprint density at radius 2 is 1.91 bits per heavy atom. The molecule has 162 valence electrons. The number of hydrogen-bond donors (Lipinski definition) is 1. The van der Waals surface area contributed by atoms with E-state index in [2.05, 4.69) is 10.3 Å². The van der Waals surface area contributed by atoms with E-state index in [9.17, 15) is 9.59 Å². The number of fused-ring (bicyclic) bond motifs is 1. The van der Waals surface area contributed by atoms with Crippen LogP contribution in [0.1, 0.15) is 26.5 Å². The van der Waals surface area contributed by atoms with Crippen LogP contribution < -0.4 is 5.32 Å². The Bertz CT molecular complexity index is 1280. The van der Waals surface area contributed by atoms with Gasteiger partial charge in [0, 0.05) is 29.4 Å². The highest BCUT2D eigenvalue weighted by Gasteiger charge is 2.31. The van der Waals surface area contributed by atoms with Crippen LogP contribution in [0.5, 0.6) is 0 Å². The van der Waals surface area contributed by atoms with Crippen LogP contribution in [-0.4, -0.2) is 50.3 Å². The maximum Gasteiger partial charge on any atom is 0.270 e. The van der Waals surface area contributed by atoms with Crippen molar-refractivity contribution >= 4 is 39.9 Å². The van der Waals surface area contributed by atoms with Crippen molar-refractivity contribution in [2.24, 2.45) is 0 Å². The van der Waals surface area contributed by atoms with Gasteiger partial charge in [-0.15, -0.1) is 23.1 Å². The van der Waals surface area contributed by atoms with Gasteiger partial charge in [-0.1, -0.05) is 48.5 Å². The van der Waals surface area contributed by atoms with E-state index >= 15 is 0 Å². The average Bonchev–Trinajstić information content (AvgIpc) is 3.54. The minimum absolute atomic E-state index is 0.00513. The van der Waals surface area contributed by atoms with Gasteiger partial charge in [-0.25, -0.2) is 4.98 Å². The van der Waals surface area contributed by atoms with Crippen molar-refractivity contribution in [2.45, 2.75) is 13.0 Å². The molecule has 0 aliphatic carbocycles. The lowest BCUT2D eigenvalue weighted by Crippen LogP contribution is -2.44. The summed E-state index contributed by atoms with van der Waals surface area (Å²) in [5, 5.41) is 4.94. The second kappa shape index (κ2) is 8.80. The number of thiazole rings is 1. The van der Waals surface area contributed by atoms with Crippen LogP contribution in [0.4, 0.5) is 0 Å². The van der Waals surface area contributed by atoms with Gasteiger partial charge in [-0.2, -0.15) is 0 Å². The number of nitrogens with one attached hydrogen (secondary N) is 1. The molecule has 1 atom stereocenters. The summed E-state index contributed by atoms with van der Waals surface area (Å²) in [6.45, 7) is 2.25. The lowest BCUT2D eigenvalue weighted by atomic mass is 9.98. The Morgan fingerprint density at radius 3 is 2.75 bits per heavy atom. The van der Waals surface area contributed by atoms with E-state index in [1.54, 1.807) is 11.8 Å². The van der Waals surface area contributed by atoms with Gasteiger partial charge in [0.2, 0.25) is 0 Å². The zero-order valence-electron chi connectivity index (χ0n) is 17.5. The molecule has 2 aromatic carbocycles. The number of carbonyl (C=O) groups is 2. The molecule has 1 fully saturated rings. The summed E-state index contributed by atoms with van der Waals surface area (Å²) in [6, 6.07) is 17.6. The van der Waals surface area contributed by atoms with Crippen molar-refractivity contribution < 1.29 is 9.59 Å². The molecule has 8 heteroatoms. The summed E-state index contributed by atoms with van der Waals surface area (Å²) in [5.74, 6) is 1.23. The molecular weight excluding hydrogens is 440 g/mol. The first-order valence-corrected chi connectivity index (χ1v) is 12.4. The smallest absolute Gasteiger partial charge is 0.270 e. The van der Waals surface area contributed by atoms with Gasteiger partial charge in [-0.3, -0.25) is 14.0 Å². The molecule has 4 aromatic rings. The van der Waals surface area contributed by atoms with E-state index in [1.165, 1.54) is 11.3 Å². The van der Waals surface area contributed by atoms with Gasteiger partial charge in [0.25, 0.3) is 11.8 Å². The molecule has 2 amide bonds. The molecule has 0 bridgehead atoms. The first-order chi connectivity index (χ1) is 15.6. The fourth-order valence-corrected chi connectivity index (χ4v) is 5.99. The molecule has 5 rings (SSSR count). The Hall–Kier alpha value is -3.10. The first kappa shape index (κ1) is 20.8. The van der Waals surface area contributed by atoms with Crippen LogP contribution in [0.25, 0.3) is 16.1 Å². The summed E-state index contributed by atoms with van der Waals surface area (Å²) < 4.78 is 1.82. The average molecular weight is 463 g/mol. The van der Waals surface area contributed by atoms with Crippen LogP contribution in [0.2, 0.25) is 0 Å². The van der Waals surface area contributed by atoms with Crippen LogP contribution in [0, 0.1) is 6.92 Å². The predicted octanol–water partition coefficient (Wildman–Crippen LogP) is 4.32. The fraction of sp³-hybridized carbons (Fsp3) is 0.208. The third kappa shape index (κ3) is 3.80. The van der Waals surface area contributed by atoms with Gasteiger partial charge in [0.15, 0.2) is 4.96 Å². The molecule has 0 spiro atoms. The van der Waals surface area contributed by atoms with Crippen LogP contribution >= 0.6 is 23.1 Å². The molecule has 1 aliphatic rings. The summed E-state index contributed by atoms with van der Waals surface area (Å²) >= 11 is 3.21. The molecule has 6 nitrogen and oxygen atoms in total. The minimum Gasteiger partial charge on any atom is -0.349 e. The van der Waals surface area contributed by atoms with Crippen molar-refractivity contribution in [3.8, 4) is 11.1 Å². The van der Waals surface area contributed by atoms with Gasteiger partial charge in [-0.05, 0) is 24.1 Å². The van der Waals surface area contributed by atoms with E-state index < -0.39 is 0 Å². The molecule has 1 N–H and O–H groups in total. The van der Waals surface area contributed by atoms with Gasteiger partial charge in [0.05, 0.1) is 17.6 Å². The van der Waals surface area contributed by atoms with Crippen LogP contribution in [0.15, 0.2) is 66.2 Å². The van der Waals surface area contributed by atoms with E-state index in [0.717, 1.165) is 21.8 Å². The topological polar surface area (TPSA) is 66.7 Å². The number of carbonyl (C=O) groups excluding carboxylic acids is 2. The Kier molecular flexibility index (Phi) is 5.71. The second-order valence-electron chi connectivity index (χ2n) is 7.65. The highest BCUT2D eigenvalue weighted by Crippen LogP contribution is 2.28. The highest BCUT2D eigenvalue weighted by molar-refractivity contribution is 7.99. The van der Waals surface area contributed by atoms with Crippen molar-refractivity contribution in [3.05, 3.63) is 83.1 Å². The molecule has 0 radical (unpaired) electrons. The predicted molar refractivity (Wildman–Crippen MR) is 129 cm³/mol. The summed E-state index contributed by atoms with van der Waals surface area (Å²) in [7, 11) is 0. The lowest BCUT2D eigenvalue weighted by molar-refractivity contribution is 0.0736. The standard InChI is InChI=1S/C24H22N4O2S2/c1-16-21(27-11-12-32-24(27)26-16)22(29)25-13-18-14-31-15-28(18)23(30)20-10-6-5-9-19(20)17-7-3-2-4-8-17/h2-12,18H,13-15H2,1H3,(H,25,29)/t18-/m1/s1. The van der Waals surface area contributed by atoms with Crippen molar-refractivity contribution in [1.29, 1.82) is 0 Å². The normalized spacial score (nSPS) is 15.9. The fourth-order valence-electron chi connectivity index (χ4n) is 4.03. The lowest BCUT2D eigenvalue weighted by Gasteiger charge is -2.25. The maximum atomic E-state index is 13.5. The highest BCUT2D eigenvalue weighted by atomic mass is 32.2. The van der Waals surface area contributed by atoms with Gasteiger partial charge < -0.3 is 10.2 Å². The van der Waals surface area contributed by atoms with Gasteiger partial charge in [0.1, 0.15) is 5.69 Å². The number of benzene rings is 2. The molecule has 0 unspecified atom stereocenters. The van der Waals surface area contributed by atoms with E-state index in [4.69, 9.17) is 0 Å². The van der Waals surface area contributed by atoms with Crippen molar-refractivity contribution in [3.63, 3.8) is 0 Å². The Balaban J connectivity index is 1.33. The summed E-state index contributed by atoms with van der Waals surface area (Å²) in [5.41, 5.74) is 3.89. The first-order valence-electron chi connectivity index (χ1n) is 10.4. The molecule has 1 saturated heterocycles. The number of amides is 2. The number of nitrogens with zero attached hydrogens (tertiary/aromatic N) is 3. The number of aryl methyl sites for hydroxylation is 1.